The third-order valence-corrected chi connectivity index (χ3v) is 6.26. The standard InChI is InChI=1S/C23H22F2N2O3S/c1-15-8-10-19(31(29,30)26-14-17-6-4-3-5-7-17)13-20(15)23(28)27-16(2)18-9-11-21(24)22(25)12-18/h3-13,16,26H,14H2,1-2H3,(H,27,28). The van der Waals surface area contributed by atoms with E-state index in [9.17, 15) is 22.0 Å². The minimum Gasteiger partial charge on any atom is -0.346 e. The van der Waals surface area contributed by atoms with Gasteiger partial charge >= 0.3 is 0 Å². The molecule has 0 fully saturated rings. The highest BCUT2D eigenvalue weighted by molar-refractivity contribution is 7.89. The second kappa shape index (κ2) is 9.36. The summed E-state index contributed by atoms with van der Waals surface area (Å²) < 4.78 is 54.5. The molecule has 0 heterocycles. The van der Waals surface area contributed by atoms with E-state index < -0.39 is 33.6 Å². The van der Waals surface area contributed by atoms with Crippen LogP contribution in [-0.2, 0) is 16.6 Å². The van der Waals surface area contributed by atoms with Gasteiger partial charge in [0.2, 0.25) is 10.0 Å². The maximum absolute atomic E-state index is 13.5. The van der Waals surface area contributed by atoms with Crippen LogP contribution in [0.1, 0.15) is 40.0 Å². The molecule has 3 aromatic carbocycles. The summed E-state index contributed by atoms with van der Waals surface area (Å²) in [5.41, 5.74) is 1.95. The summed E-state index contributed by atoms with van der Waals surface area (Å²) >= 11 is 0. The van der Waals surface area contributed by atoms with Crippen molar-refractivity contribution >= 4 is 15.9 Å². The third-order valence-electron chi connectivity index (χ3n) is 4.86. The Morgan fingerprint density at radius 3 is 2.35 bits per heavy atom. The Hall–Kier alpha value is -3.10. The molecule has 162 valence electrons. The highest BCUT2D eigenvalue weighted by Gasteiger charge is 2.20. The second-order valence-electron chi connectivity index (χ2n) is 7.16. The van der Waals surface area contributed by atoms with Crippen LogP contribution in [0.4, 0.5) is 8.78 Å². The van der Waals surface area contributed by atoms with E-state index in [1.807, 2.05) is 18.2 Å². The van der Waals surface area contributed by atoms with Gasteiger partial charge in [0.1, 0.15) is 0 Å². The summed E-state index contributed by atoms with van der Waals surface area (Å²) in [4.78, 5) is 12.7. The van der Waals surface area contributed by atoms with Crippen molar-refractivity contribution in [3.8, 4) is 0 Å². The Morgan fingerprint density at radius 2 is 1.68 bits per heavy atom. The molecule has 0 aliphatic carbocycles. The van der Waals surface area contributed by atoms with Gasteiger partial charge in [0, 0.05) is 12.1 Å². The van der Waals surface area contributed by atoms with Gasteiger partial charge in [0.25, 0.3) is 5.91 Å². The summed E-state index contributed by atoms with van der Waals surface area (Å²) in [5.74, 6) is -2.50. The lowest BCUT2D eigenvalue weighted by Crippen LogP contribution is -2.28. The molecule has 3 aromatic rings. The van der Waals surface area contributed by atoms with Gasteiger partial charge < -0.3 is 5.32 Å². The van der Waals surface area contributed by atoms with Gasteiger partial charge in [-0.15, -0.1) is 0 Å². The molecule has 8 heteroatoms. The first kappa shape index (κ1) is 22.6. The molecule has 3 rings (SSSR count). The second-order valence-corrected chi connectivity index (χ2v) is 8.92. The largest absolute Gasteiger partial charge is 0.346 e. The molecule has 31 heavy (non-hydrogen) atoms. The monoisotopic (exact) mass is 444 g/mol. The smallest absolute Gasteiger partial charge is 0.252 e. The first-order valence-electron chi connectivity index (χ1n) is 9.57. The predicted octanol–water partition coefficient (Wildman–Crippen LogP) is 4.24. The highest BCUT2D eigenvalue weighted by Crippen LogP contribution is 2.20. The van der Waals surface area contributed by atoms with Crippen LogP contribution in [0.5, 0.6) is 0 Å². The van der Waals surface area contributed by atoms with Gasteiger partial charge in [-0.3, -0.25) is 4.79 Å². The molecule has 0 radical (unpaired) electrons. The third kappa shape index (κ3) is 5.53. The zero-order valence-electron chi connectivity index (χ0n) is 17.0. The molecule has 0 saturated carbocycles. The fourth-order valence-electron chi connectivity index (χ4n) is 3.01. The molecule has 2 N–H and O–H groups in total. The number of amides is 1. The van der Waals surface area contributed by atoms with Crippen molar-refractivity contribution in [3.63, 3.8) is 0 Å². The lowest BCUT2D eigenvalue weighted by Gasteiger charge is -2.16. The topological polar surface area (TPSA) is 75.3 Å². The van der Waals surface area contributed by atoms with Crippen LogP contribution in [0.15, 0.2) is 71.6 Å². The summed E-state index contributed by atoms with van der Waals surface area (Å²) in [6.07, 6.45) is 0. The van der Waals surface area contributed by atoms with Crippen LogP contribution in [0, 0.1) is 18.6 Å². The Balaban J connectivity index is 1.77. The first-order valence-corrected chi connectivity index (χ1v) is 11.1. The molecule has 5 nitrogen and oxygen atoms in total. The summed E-state index contributed by atoms with van der Waals surface area (Å²) in [6, 6.07) is 16.1. The maximum atomic E-state index is 13.5. The average Bonchev–Trinajstić information content (AvgIpc) is 2.75. The number of hydrogen-bond acceptors (Lipinski definition) is 3. The number of sulfonamides is 1. The summed E-state index contributed by atoms with van der Waals surface area (Å²) in [5, 5.41) is 2.69. The van der Waals surface area contributed by atoms with Gasteiger partial charge in [0.15, 0.2) is 11.6 Å². The maximum Gasteiger partial charge on any atom is 0.252 e. The lowest BCUT2D eigenvalue weighted by molar-refractivity contribution is 0.0939. The minimum absolute atomic E-state index is 0.0420. The van der Waals surface area contributed by atoms with E-state index in [-0.39, 0.29) is 17.0 Å². The van der Waals surface area contributed by atoms with Gasteiger partial charge in [-0.05, 0) is 54.8 Å². The van der Waals surface area contributed by atoms with Crippen LogP contribution in [0.2, 0.25) is 0 Å². The minimum atomic E-state index is -3.84. The molecule has 0 spiro atoms. The Morgan fingerprint density at radius 1 is 0.968 bits per heavy atom. The van der Waals surface area contributed by atoms with Crippen molar-refractivity contribution in [1.29, 1.82) is 0 Å². The zero-order chi connectivity index (χ0) is 22.6. The Bertz CT molecular complexity index is 1200. The number of halogens is 2. The van der Waals surface area contributed by atoms with Gasteiger partial charge in [-0.1, -0.05) is 42.5 Å². The van der Waals surface area contributed by atoms with Crippen LogP contribution in [0.25, 0.3) is 0 Å². The van der Waals surface area contributed by atoms with Crippen molar-refractivity contribution in [2.24, 2.45) is 0 Å². The van der Waals surface area contributed by atoms with Crippen molar-refractivity contribution in [2.75, 3.05) is 0 Å². The van der Waals surface area contributed by atoms with Crippen molar-refractivity contribution < 1.29 is 22.0 Å². The lowest BCUT2D eigenvalue weighted by atomic mass is 10.1. The molecule has 0 saturated heterocycles. The molecular weight excluding hydrogens is 422 g/mol. The van der Waals surface area contributed by atoms with E-state index >= 15 is 0 Å². The average molecular weight is 445 g/mol. The van der Waals surface area contributed by atoms with E-state index in [1.54, 1.807) is 32.0 Å². The van der Waals surface area contributed by atoms with Crippen LogP contribution >= 0.6 is 0 Å². The number of hydrogen-bond donors (Lipinski definition) is 2. The molecule has 0 aliphatic heterocycles. The number of carbonyl (C=O) groups is 1. The number of aryl methyl sites for hydroxylation is 1. The first-order chi connectivity index (χ1) is 14.7. The highest BCUT2D eigenvalue weighted by atomic mass is 32.2. The van der Waals surface area contributed by atoms with Gasteiger partial charge in [-0.25, -0.2) is 21.9 Å². The number of nitrogens with one attached hydrogen (secondary N) is 2. The Kier molecular flexibility index (Phi) is 6.82. The Labute approximate surface area is 180 Å². The van der Waals surface area contributed by atoms with Crippen LogP contribution in [0.3, 0.4) is 0 Å². The molecule has 1 amide bonds. The number of rotatable bonds is 7. The van der Waals surface area contributed by atoms with E-state index in [0.29, 0.717) is 11.1 Å². The van der Waals surface area contributed by atoms with E-state index in [0.717, 1.165) is 17.7 Å². The molecule has 0 aliphatic rings. The SMILES string of the molecule is Cc1ccc(S(=O)(=O)NCc2ccccc2)cc1C(=O)NC(C)c1ccc(F)c(F)c1. The molecular formula is C23H22F2N2O3S. The zero-order valence-corrected chi connectivity index (χ0v) is 17.8. The van der Waals surface area contributed by atoms with E-state index in [2.05, 4.69) is 10.0 Å². The normalized spacial score (nSPS) is 12.4. The summed E-state index contributed by atoms with van der Waals surface area (Å²) in [6.45, 7) is 3.43. The van der Waals surface area contributed by atoms with Crippen LogP contribution < -0.4 is 10.0 Å². The van der Waals surface area contributed by atoms with Crippen LogP contribution in [-0.4, -0.2) is 14.3 Å². The van der Waals surface area contributed by atoms with E-state index in [4.69, 9.17) is 0 Å². The quantitative estimate of drug-likeness (QED) is 0.572. The number of carbonyl (C=O) groups excluding carboxylic acids is 1. The van der Waals surface area contributed by atoms with E-state index in [1.165, 1.54) is 18.2 Å². The molecule has 1 unspecified atom stereocenters. The fraction of sp³-hybridized carbons (Fsp3) is 0.174. The van der Waals surface area contributed by atoms with Gasteiger partial charge in [0.05, 0.1) is 10.9 Å². The molecule has 0 aromatic heterocycles. The van der Waals surface area contributed by atoms with Crippen molar-refractivity contribution in [2.45, 2.75) is 31.3 Å². The molecule has 0 bridgehead atoms. The fourth-order valence-corrected chi connectivity index (χ4v) is 4.05. The van der Waals surface area contributed by atoms with Crippen molar-refractivity contribution in [1.82, 2.24) is 10.0 Å². The summed E-state index contributed by atoms with van der Waals surface area (Å²) in [7, 11) is -3.84. The number of benzene rings is 3. The molecule has 1 atom stereocenters. The van der Waals surface area contributed by atoms with Gasteiger partial charge in [-0.2, -0.15) is 0 Å². The van der Waals surface area contributed by atoms with Crippen molar-refractivity contribution in [3.05, 3.63) is 101 Å². The predicted molar refractivity (Wildman–Crippen MR) is 114 cm³/mol.